The van der Waals surface area contributed by atoms with Crippen molar-refractivity contribution in [3.63, 3.8) is 0 Å². The normalized spacial score (nSPS) is 18.9. The molecular weight excluding hydrogens is 325 g/mol. The number of amides is 1. The minimum Gasteiger partial charge on any atom is -0.352 e. The second-order valence-electron chi connectivity index (χ2n) is 5.85. The van der Waals surface area contributed by atoms with Crippen LogP contribution in [0.15, 0.2) is 54.6 Å². The standard InChI is InChI=1S/C19H18FNO2S/c20-15-8-6-13(7-9-15)16-10-17(16)21-19(23)12-24-11-18(22)14-4-2-1-3-5-14/h1-9,16-17H,10-12H2,(H,21,23)/t16-,17-/m1/s1. The zero-order chi connectivity index (χ0) is 16.9. The maximum atomic E-state index is 12.9. The van der Waals surface area contributed by atoms with Gasteiger partial charge in [0.1, 0.15) is 5.82 Å². The monoisotopic (exact) mass is 343 g/mol. The number of benzene rings is 2. The molecule has 1 amide bonds. The third-order valence-electron chi connectivity index (χ3n) is 4.00. The first-order valence-electron chi connectivity index (χ1n) is 7.84. The smallest absolute Gasteiger partial charge is 0.230 e. The van der Waals surface area contributed by atoms with Crippen molar-refractivity contribution in [2.45, 2.75) is 18.4 Å². The molecule has 124 valence electrons. The largest absolute Gasteiger partial charge is 0.352 e. The number of Topliss-reactive ketones (excluding diaryl/α,β-unsaturated/α-hetero) is 1. The first-order chi connectivity index (χ1) is 11.6. The molecule has 1 fully saturated rings. The van der Waals surface area contributed by atoms with Crippen LogP contribution in [0, 0.1) is 5.82 Å². The molecule has 3 rings (SSSR count). The second kappa shape index (κ2) is 7.62. The summed E-state index contributed by atoms with van der Waals surface area (Å²) in [6, 6.07) is 15.6. The number of hydrogen-bond donors (Lipinski definition) is 1. The van der Waals surface area contributed by atoms with Crippen LogP contribution < -0.4 is 5.32 Å². The Labute approximate surface area is 144 Å². The van der Waals surface area contributed by atoms with Crippen LogP contribution in [0.2, 0.25) is 0 Å². The third-order valence-corrected chi connectivity index (χ3v) is 4.93. The molecule has 2 atom stereocenters. The first-order valence-corrected chi connectivity index (χ1v) is 9.00. The van der Waals surface area contributed by atoms with Gasteiger partial charge >= 0.3 is 0 Å². The van der Waals surface area contributed by atoms with Gasteiger partial charge in [-0.05, 0) is 24.1 Å². The van der Waals surface area contributed by atoms with Crippen LogP contribution in [-0.2, 0) is 4.79 Å². The molecule has 2 aromatic rings. The van der Waals surface area contributed by atoms with Gasteiger partial charge in [0.05, 0.1) is 11.5 Å². The van der Waals surface area contributed by atoms with Gasteiger partial charge in [-0.25, -0.2) is 4.39 Å². The van der Waals surface area contributed by atoms with E-state index in [9.17, 15) is 14.0 Å². The number of nitrogens with one attached hydrogen (secondary N) is 1. The van der Waals surface area contributed by atoms with E-state index in [1.807, 2.05) is 18.2 Å². The Morgan fingerprint density at radius 1 is 1.04 bits per heavy atom. The van der Waals surface area contributed by atoms with Crippen LogP contribution in [0.5, 0.6) is 0 Å². The molecule has 0 spiro atoms. The van der Waals surface area contributed by atoms with E-state index in [0.29, 0.717) is 11.3 Å². The summed E-state index contributed by atoms with van der Waals surface area (Å²) in [5, 5.41) is 2.97. The van der Waals surface area contributed by atoms with E-state index in [2.05, 4.69) is 5.32 Å². The molecule has 5 heteroatoms. The van der Waals surface area contributed by atoms with E-state index >= 15 is 0 Å². The van der Waals surface area contributed by atoms with Gasteiger partial charge in [0, 0.05) is 17.5 Å². The van der Waals surface area contributed by atoms with Gasteiger partial charge in [-0.1, -0.05) is 42.5 Å². The number of rotatable bonds is 7. The van der Waals surface area contributed by atoms with Crippen LogP contribution in [0.3, 0.4) is 0 Å². The predicted molar refractivity (Wildman–Crippen MR) is 93.8 cm³/mol. The Morgan fingerprint density at radius 2 is 1.75 bits per heavy atom. The minimum absolute atomic E-state index is 0.0315. The molecule has 1 aliphatic carbocycles. The fourth-order valence-electron chi connectivity index (χ4n) is 2.63. The molecule has 3 nitrogen and oxygen atoms in total. The lowest BCUT2D eigenvalue weighted by Crippen LogP contribution is -2.28. The Hall–Kier alpha value is -2.14. The SMILES string of the molecule is O=C(CSCC(=O)c1ccccc1)N[C@@H]1C[C@@H]1c1ccc(F)cc1. The zero-order valence-corrected chi connectivity index (χ0v) is 13.9. The number of carbonyl (C=O) groups excluding carboxylic acids is 2. The topological polar surface area (TPSA) is 46.2 Å². The molecule has 0 heterocycles. The molecule has 0 unspecified atom stereocenters. The van der Waals surface area contributed by atoms with Gasteiger partial charge in [0.2, 0.25) is 5.91 Å². The summed E-state index contributed by atoms with van der Waals surface area (Å²) in [5.74, 6) is 0.554. The van der Waals surface area contributed by atoms with Crippen molar-refractivity contribution < 1.29 is 14.0 Å². The van der Waals surface area contributed by atoms with E-state index in [1.165, 1.54) is 23.9 Å². The maximum absolute atomic E-state index is 12.9. The molecule has 0 aliphatic heterocycles. The van der Waals surface area contributed by atoms with Crippen molar-refractivity contribution in [3.05, 3.63) is 71.5 Å². The van der Waals surface area contributed by atoms with Crippen molar-refractivity contribution in [1.29, 1.82) is 0 Å². The van der Waals surface area contributed by atoms with E-state index in [0.717, 1.165) is 12.0 Å². The second-order valence-corrected chi connectivity index (χ2v) is 6.84. The summed E-state index contributed by atoms with van der Waals surface area (Å²) in [4.78, 5) is 23.9. The maximum Gasteiger partial charge on any atom is 0.230 e. The summed E-state index contributed by atoms with van der Waals surface area (Å²) in [6.07, 6.45) is 0.880. The summed E-state index contributed by atoms with van der Waals surface area (Å²) in [7, 11) is 0. The Balaban J connectivity index is 1.38. The number of carbonyl (C=O) groups is 2. The molecule has 0 saturated heterocycles. The quantitative estimate of drug-likeness (QED) is 0.784. The summed E-state index contributed by atoms with van der Waals surface area (Å²) in [5.41, 5.74) is 1.72. The molecule has 0 bridgehead atoms. The highest BCUT2D eigenvalue weighted by Crippen LogP contribution is 2.40. The lowest BCUT2D eigenvalue weighted by atomic mass is 10.1. The molecule has 0 radical (unpaired) electrons. The molecular formula is C19H18FNO2S. The fourth-order valence-corrected chi connectivity index (χ4v) is 3.35. The Bertz CT molecular complexity index is 718. The molecule has 1 saturated carbocycles. The van der Waals surface area contributed by atoms with Gasteiger partial charge in [0.25, 0.3) is 0 Å². The van der Waals surface area contributed by atoms with Gasteiger partial charge < -0.3 is 5.32 Å². The van der Waals surface area contributed by atoms with Crippen LogP contribution in [0.4, 0.5) is 4.39 Å². The Kier molecular flexibility index (Phi) is 5.30. The van der Waals surface area contributed by atoms with Crippen molar-refractivity contribution in [3.8, 4) is 0 Å². The number of hydrogen-bond acceptors (Lipinski definition) is 3. The Morgan fingerprint density at radius 3 is 2.46 bits per heavy atom. The first kappa shape index (κ1) is 16.7. The van der Waals surface area contributed by atoms with E-state index < -0.39 is 0 Å². The molecule has 0 aromatic heterocycles. The molecule has 2 aromatic carbocycles. The van der Waals surface area contributed by atoms with Crippen molar-refractivity contribution >= 4 is 23.5 Å². The lowest BCUT2D eigenvalue weighted by Gasteiger charge is -2.05. The van der Waals surface area contributed by atoms with Crippen LogP contribution in [0.25, 0.3) is 0 Å². The highest BCUT2D eigenvalue weighted by atomic mass is 32.2. The number of halogens is 1. The zero-order valence-electron chi connectivity index (χ0n) is 13.1. The van der Waals surface area contributed by atoms with Crippen LogP contribution in [0.1, 0.15) is 28.3 Å². The third kappa shape index (κ3) is 4.45. The summed E-state index contributed by atoms with van der Waals surface area (Å²) >= 11 is 1.32. The number of ketones is 1. The predicted octanol–water partition coefficient (Wildman–Crippen LogP) is 3.41. The lowest BCUT2D eigenvalue weighted by molar-refractivity contribution is -0.118. The van der Waals surface area contributed by atoms with Crippen LogP contribution in [-0.4, -0.2) is 29.2 Å². The highest BCUT2D eigenvalue weighted by molar-refractivity contribution is 8.00. The van der Waals surface area contributed by atoms with Gasteiger partial charge in [-0.15, -0.1) is 11.8 Å². The molecule has 1 aliphatic rings. The van der Waals surface area contributed by atoms with E-state index in [-0.39, 0.29) is 35.2 Å². The minimum atomic E-state index is -0.250. The summed E-state index contributed by atoms with van der Waals surface area (Å²) < 4.78 is 12.9. The molecule has 1 N–H and O–H groups in total. The van der Waals surface area contributed by atoms with Crippen molar-refractivity contribution in [2.75, 3.05) is 11.5 Å². The summed E-state index contributed by atoms with van der Waals surface area (Å²) in [6.45, 7) is 0. The number of thioether (sulfide) groups is 1. The average Bonchev–Trinajstić information content (AvgIpc) is 3.35. The van der Waals surface area contributed by atoms with Crippen molar-refractivity contribution in [1.82, 2.24) is 5.32 Å². The highest BCUT2D eigenvalue weighted by Gasteiger charge is 2.39. The van der Waals surface area contributed by atoms with E-state index in [1.54, 1.807) is 24.3 Å². The van der Waals surface area contributed by atoms with Gasteiger partial charge in [-0.2, -0.15) is 0 Å². The van der Waals surface area contributed by atoms with Gasteiger partial charge in [0.15, 0.2) is 5.78 Å². The fraction of sp³-hybridized carbons (Fsp3) is 0.263. The van der Waals surface area contributed by atoms with E-state index in [4.69, 9.17) is 0 Å². The molecule has 24 heavy (non-hydrogen) atoms. The average molecular weight is 343 g/mol. The van der Waals surface area contributed by atoms with Crippen LogP contribution >= 0.6 is 11.8 Å². The van der Waals surface area contributed by atoms with Gasteiger partial charge in [-0.3, -0.25) is 9.59 Å². The van der Waals surface area contributed by atoms with Crippen molar-refractivity contribution in [2.24, 2.45) is 0 Å².